The Morgan fingerprint density at radius 3 is 2.65 bits per heavy atom. The van der Waals surface area contributed by atoms with Gasteiger partial charge in [-0.3, -0.25) is 4.68 Å². The maximum Gasteiger partial charge on any atom is 0.0964 e. The van der Waals surface area contributed by atoms with Crippen LogP contribution >= 0.6 is 15.9 Å². The molecule has 2 aromatic rings. The van der Waals surface area contributed by atoms with Crippen LogP contribution in [0.15, 0.2) is 34.9 Å². The Morgan fingerprint density at radius 2 is 2.06 bits per heavy atom. The molecule has 0 aliphatic carbocycles. The Hall–Kier alpha value is -1.20. The quantitative estimate of drug-likeness (QED) is 0.942. The van der Waals surface area contributed by atoms with Gasteiger partial charge in [0.25, 0.3) is 0 Å². The van der Waals surface area contributed by atoms with Crippen molar-refractivity contribution in [1.82, 2.24) is 20.3 Å². The summed E-state index contributed by atoms with van der Waals surface area (Å²) in [5.74, 6) is 0. The lowest BCUT2D eigenvalue weighted by Crippen LogP contribution is -2.18. The highest BCUT2D eigenvalue weighted by Gasteiger charge is 2.05. The third kappa shape index (κ3) is 3.38. The van der Waals surface area contributed by atoms with E-state index in [1.165, 1.54) is 5.56 Å². The molecule has 1 atom stereocenters. The van der Waals surface area contributed by atoms with Gasteiger partial charge in [-0.25, -0.2) is 0 Å². The smallest absolute Gasteiger partial charge is 0.0964 e. The average molecular weight is 295 g/mol. The number of aryl methyl sites for hydroxylation is 1. The van der Waals surface area contributed by atoms with Crippen LogP contribution < -0.4 is 5.32 Å². The van der Waals surface area contributed by atoms with E-state index in [2.05, 4.69) is 62.7 Å². The molecule has 0 aliphatic heterocycles. The molecule has 0 aliphatic rings. The molecule has 1 heterocycles. The topological polar surface area (TPSA) is 42.7 Å². The number of aromatic nitrogens is 3. The van der Waals surface area contributed by atoms with Crippen molar-refractivity contribution in [3.8, 4) is 0 Å². The molecule has 1 N–H and O–H groups in total. The van der Waals surface area contributed by atoms with Crippen LogP contribution in [0, 0.1) is 0 Å². The van der Waals surface area contributed by atoms with Crippen molar-refractivity contribution in [1.29, 1.82) is 0 Å². The molecule has 0 amide bonds. The molecule has 0 saturated carbocycles. The summed E-state index contributed by atoms with van der Waals surface area (Å²) in [5.41, 5.74) is 2.22. The summed E-state index contributed by atoms with van der Waals surface area (Å²) in [5, 5.41) is 11.4. The molecule has 1 aromatic heterocycles. The van der Waals surface area contributed by atoms with Gasteiger partial charge in [-0.2, -0.15) is 0 Å². The van der Waals surface area contributed by atoms with E-state index in [0.29, 0.717) is 6.04 Å². The first-order valence-corrected chi connectivity index (χ1v) is 6.28. The van der Waals surface area contributed by atoms with Gasteiger partial charge in [0.15, 0.2) is 0 Å². The largest absolute Gasteiger partial charge is 0.304 e. The minimum absolute atomic E-state index is 0.296. The maximum absolute atomic E-state index is 4.04. The van der Waals surface area contributed by atoms with Gasteiger partial charge in [-0.05, 0) is 24.6 Å². The second-order valence-corrected chi connectivity index (χ2v) is 4.95. The third-order valence-corrected chi connectivity index (χ3v) is 3.14. The minimum atomic E-state index is 0.296. The Morgan fingerprint density at radius 1 is 1.35 bits per heavy atom. The van der Waals surface area contributed by atoms with Gasteiger partial charge in [-0.15, -0.1) is 5.10 Å². The number of hydrogen-bond acceptors (Lipinski definition) is 3. The molecule has 0 spiro atoms. The fourth-order valence-electron chi connectivity index (χ4n) is 1.60. The predicted molar refractivity (Wildman–Crippen MR) is 70.4 cm³/mol. The van der Waals surface area contributed by atoms with Crippen LogP contribution in [0.4, 0.5) is 0 Å². The molecule has 90 valence electrons. The van der Waals surface area contributed by atoms with Crippen LogP contribution in [-0.4, -0.2) is 15.0 Å². The standard InChI is InChI=1S/C12H15BrN4/c1-9(10-3-5-11(13)6-4-10)14-7-12-8-17(2)16-15-12/h3-6,8-9,14H,7H2,1-2H3/t9-/m1/s1. The second kappa shape index (κ2) is 5.42. The zero-order chi connectivity index (χ0) is 12.3. The Labute approximate surface area is 109 Å². The summed E-state index contributed by atoms with van der Waals surface area (Å²) in [7, 11) is 1.87. The number of rotatable bonds is 4. The normalized spacial score (nSPS) is 12.6. The van der Waals surface area contributed by atoms with Gasteiger partial charge in [-0.1, -0.05) is 33.3 Å². The molecule has 0 radical (unpaired) electrons. The van der Waals surface area contributed by atoms with Crippen LogP contribution in [0.25, 0.3) is 0 Å². The van der Waals surface area contributed by atoms with Gasteiger partial charge in [0.05, 0.1) is 5.69 Å². The molecule has 0 unspecified atom stereocenters. The first kappa shape index (κ1) is 12.3. The zero-order valence-electron chi connectivity index (χ0n) is 9.89. The maximum atomic E-state index is 4.04. The van der Waals surface area contributed by atoms with Crippen LogP contribution in [0.5, 0.6) is 0 Å². The number of nitrogens with zero attached hydrogens (tertiary/aromatic N) is 3. The van der Waals surface area contributed by atoms with E-state index in [9.17, 15) is 0 Å². The van der Waals surface area contributed by atoms with E-state index < -0.39 is 0 Å². The van der Waals surface area contributed by atoms with E-state index in [0.717, 1.165) is 16.7 Å². The lowest BCUT2D eigenvalue weighted by atomic mass is 10.1. The van der Waals surface area contributed by atoms with Gasteiger partial charge < -0.3 is 5.32 Å². The molecule has 17 heavy (non-hydrogen) atoms. The van der Waals surface area contributed by atoms with Crippen molar-refractivity contribution in [3.05, 3.63) is 46.2 Å². The monoisotopic (exact) mass is 294 g/mol. The van der Waals surface area contributed by atoms with Crippen LogP contribution in [-0.2, 0) is 13.6 Å². The summed E-state index contributed by atoms with van der Waals surface area (Å²) in [6.07, 6.45) is 1.92. The van der Waals surface area contributed by atoms with Crippen molar-refractivity contribution < 1.29 is 0 Å². The molecule has 0 fully saturated rings. The summed E-state index contributed by atoms with van der Waals surface area (Å²) >= 11 is 3.43. The van der Waals surface area contributed by atoms with Gasteiger partial charge in [0, 0.05) is 30.3 Å². The van der Waals surface area contributed by atoms with Crippen molar-refractivity contribution in [3.63, 3.8) is 0 Å². The van der Waals surface area contributed by atoms with Crippen molar-refractivity contribution in [2.75, 3.05) is 0 Å². The Bertz CT molecular complexity index is 478. The van der Waals surface area contributed by atoms with Crippen LogP contribution in [0.3, 0.4) is 0 Å². The lowest BCUT2D eigenvalue weighted by molar-refractivity contribution is 0.567. The molecular formula is C12H15BrN4. The Kier molecular flexibility index (Phi) is 3.91. The highest BCUT2D eigenvalue weighted by atomic mass is 79.9. The molecule has 4 nitrogen and oxygen atoms in total. The summed E-state index contributed by atoms with van der Waals surface area (Å²) in [6.45, 7) is 2.87. The van der Waals surface area contributed by atoms with Crippen molar-refractivity contribution in [2.45, 2.75) is 19.5 Å². The SMILES string of the molecule is C[C@@H](NCc1cn(C)nn1)c1ccc(Br)cc1. The van der Waals surface area contributed by atoms with Crippen molar-refractivity contribution >= 4 is 15.9 Å². The molecule has 2 rings (SSSR count). The molecule has 0 saturated heterocycles. The second-order valence-electron chi connectivity index (χ2n) is 4.04. The lowest BCUT2D eigenvalue weighted by Gasteiger charge is -2.13. The van der Waals surface area contributed by atoms with E-state index in [-0.39, 0.29) is 0 Å². The van der Waals surface area contributed by atoms with Crippen molar-refractivity contribution in [2.24, 2.45) is 7.05 Å². The van der Waals surface area contributed by atoms with E-state index in [4.69, 9.17) is 0 Å². The summed E-state index contributed by atoms with van der Waals surface area (Å²) in [6, 6.07) is 8.62. The fourth-order valence-corrected chi connectivity index (χ4v) is 1.87. The predicted octanol–water partition coefficient (Wildman–Crippen LogP) is 2.43. The molecular weight excluding hydrogens is 280 g/mol. The number of benzene rings is 1. The van der Waals surface area contributed by atoms with Gasteiger partial charge in [0.1, 0.15) is 0 Å². The van der Waals surface area contributed by atoms with E-state index in [1.54, 1.807) is 4.68 Å². The Balaban J connectivity index is 1.93. The van der Waals surface area contributed by atoms with Gasteiger partial charge in [0.2, 0.25) is 0 Å². The average Bonchev–Trinajstić information content (AvgIpc) is 2.73. The fraction of sp³-hybridized carbons (Fsp3) is 0.333. The van der Waals surface area contributed by atoms with Crippen LogP contribution in [0.1, 0.15) is 24.2 Å². The first-order valence-electron chi connectivity index (χ1n) is 5.49. The highest BCUT2D eigenvalue weighted by Crippen LogP contribution is 2.16. The summed E-state index contributed by atoms with van der Waals surface area (Å²) in [4.78, 5) is 0. The highest BCUT2D eigenvalue weighted by molar-refractivity contribution is 9.10. The third-order valence-electron chi connectivity index (χ3n) is 2.61. The van der Waals surface area contributed by atoms with Crippen LogP contribution in [0.2, 0.25) is 0 Å². The molecule has 0 bridgehead atoms. The number of halogens is 1. The molecule has 5 heteroatoms. The number of hydrogen-bond donors (Lipinski definition) is 1. The first-order chi connectivity index (χ1) is 8.15. The molecule has 1 aromatic carbocycles. The minimum Gasteiger partial charge on any atom is -0.304 e. The number of nitrogens with one attached hydrogen (secondary N) is 1. The summed E-state index contributed by atoms with van der Waals surface area (Å²) < 4.78 is 2.81. The van der Waals surface area contributed by atoms with E-state index >= 15 is 0 Å². The van der Waals surface area contributed by atoms with Gasteiger partial charge >= 0.3 is 0 Å². The zero-order valence-corrected chi connectivity index (χ0v) is 11.5. The van der Waals surface area contributed by atoms with E-state index in [1.807, 2.05) is 13.2 Å².